The maximum absolute atomic E-state index is 13.8. The van der Waals surface area contributed by atoms with E-state index < -0.39 is 0 Å². The molecular weight excluding hydrogens is 498 g/mol. The van der Waals surface area contributed by atoms with E-state index >= 15 is 0 Å². The van der Waals surface area contributed by atoms with E-state index in [1.54, 1.807) is 25.1 Å². The molecule has 0 amide bonds. The van der Waals surface area contributed by atoms with Gasteiger partial charge in [0, 0.05) is 41.8 Å². The topological polar surface area (TPSA) is 76.0 Å². The second-order valence-electron chi connectivity index (χ2n) is 9.37. The van der Waals surface area contributed by atoms with Crippen LogP contribution in [0.5, 0.6) is 5.75 Å². The third kappa shape index (κ3) is 3.53. The molecular formula is C29H27N5O3S. The van der Waals surface area contributed by atoms with Gasteiger partial charge in [0.15, 0.2) is 0 Å². The Bertz CT molecular complexity index is 1990. The molecule has 0 spiro atoms. The molecule has 0 aliphatic rings. The van der Waals surface area contributed by atoms with Crippen LogP contribution in [0.15, 0.2) is 70.8 Å². The Labute approximate surface area is 222 Å². The predicted molar refractivity (Wildman–Crippen MR) is 152 cm³/mol. The van der Waals surface area contributed by atoms with Gasteiger partial charge in [-0.15, -0.1) is 11.3 Å². The maximum Gasteiger partial charge on any atom is 0.336 e. The van der Waals surface area contributed by atoms with Crippen molar-refractivity contribution in [3.05, 3.63) is 93.3 Å². The van der Waals surface area contributed by atoms with Crippen molar-refractivity contribution in [1.29, 1.82) is 0 Å². The minimum Gasteiger partial charge on any atom is -0.495 e. The van der Waals surface area contributed by atoms with Gasteiger partial charge in [-0.25, -0.2) is 14.3 Å². The van der Waals surface area contributed by atoms with Crippen molar-refractivity contribution in [2.24, 2.45) is 7.05 Å². The molecule has 2 aromatic carbocycles. The van der Waals surface area contributed by atoms with Crippen molar-refractivity contribution in [1.82, 2.24) is 23.3 Å². The lowest BCUT2D eigenvalue weighted by molar-refractivity contribution is 0.413. The first-order chi connectivity index (χ1) is 18.3. The fraction of sp³-hybridized carbons (Fsp3) is 0.207. The number of nitrogens with zero attached hydrogens (tertiary/aromatic N) is 5. The van der Waals surface area contributed by atoms with Crippen molar-refractivity contribution < 1.29 is 4.74 Å². The van der Waals surface area contributed by atoms with Gasteiger partial charge in [0.05, 0.1) is 35.9 Å². The van der Waals surface area contributed by atoms with Gasteiger partial charge in [-0.3, -0.25) is 9.36 Å². The predicted octanol–water partition coefficient (Wildman–Crippen LogP) is 5.20. The van der Waals surface area contributed by atoms with E-state index in [9.17, 15) is 9.59 Å². The van der Waals surface area contributed by atoms with Crippen LogP contribution in [0.3, 0.4) is 0 Å². The maximum atomic E-state index is 13.8. The highest BCUT2D eigenvalue weighted by Crippen LogP contribution is 2.39. The normalized spacial score (nSPS) is 11.6. The molecule has 0 fully saturated rings. The minimum atomic E-state index is -0.368. The van der Waals surface area contributed by atoms with Crippen molar-refractivity contribution in [3.63, 3.8) is 0 Å². The van der Waals surface area contributed by atoms with E-state index in [0.29, 0.717) is 21.7 Å². The number of ether oxygens (including phenoxy) is 1. The van der Waals surface area contributed by atoms with Crippen LogP contribution in [0.2, 0.25) is 0 Å². The van der Waals surface area contributed by atoms with Gasteiger partial charge < -0.3 is 13.9 Å². The smallest absolute Gasteiger partial charge is 0.336 e. The molecule has 0 radical (unpaired) electrons. The Hall–Kier alpha value is -4.37. The summed E-state index contributed by atoms with van der Waals surface area (Å²) in [6.45, 7) is 6.81. The molecule has 9 heteroatoms. The van der Waals surface area contributed by atoms with Crippen molar-refractivity contribution >= 4 is 32.5 Å². The number of aryl methyl sites for hydroxylation is 4. The average Bonchev–Trinajstić information content (AvgIpc) is 3.63. The van der Waals surface area contributed by atoms with Crippen LogP contribution in [-0.4, -0.2) is 30.4 Å². The Morgan fingerprint density at radius 3 is 2.58 bits per heavy atom. The van der Waals surface area contributed by atoms with Crippen molar-refractivity contribution in [3.8, 4) is 27.6 Å². The molecule has 0 bridgehead atoms. The van der Waals surface area contributed by atoms with E-state index in [2.05, 4.69) is 16.5 Å². The summed E-state index contributed by atoms with van der Waals surface area (Å²) in [6, 6.07) is 13.7. The van der Waals surface area contributed by atoms with Crippen LogP contribution >= 0.6 is 11.3 Å². The van der Waals surface area contributed by atoms with Gasteiger partial charge >= 0.3 is 5.69 Å². The molecule has 192 valence electrons. The molecule has 4 aromatic heterocycles. The standard InChI is InChI=1S/C29H27N5O3S/c1-6-32-12-11-19-13-21(8-10-22(19)32)34-27(35)25-18(3)26(38-28(25)31(4)29(34)36)20-7-9-23(24(14-20)37-5)33-15-17(2)30-16-33/h7-16H,6H2,1-5H3. The molecule has 4 heterocycles. The van der Waals surface area contributed by atoms with Crippen LogP contribution in [-0.2, 0) is 13.6 Å². The van der Waals surface area contributed by atoms with Crippen LogP contribution < -0.4 is 16.0 Å². The Balaban J connectivity index is 1.53. The monoisotopic (exact) mass is 525 g/mol. The highest BCUT2D eigenvalue weighted by Gasteiger charge is 2.21. The molecule has 0 saturated carbocycles. The molecule has 8 nitrogen and oxygen atoms in total. The molecule has 0 aliphatic carbocycles. The minimum absolute atomic E-state index is 0.310. The third-order valence-corrected chi connectivity index (χ3v) is 8.53. The third-order valence-electron chi connectivity index (χ3n) is 7.11. The molecule has 0 saturated heterocycles. The van der Waals surface area contributed by atoms with Crippen LogP contribution in [0, 0.1) is 13.8 Å². The number of thiophene rings is 1. The average molecular weight is 526 g/mol. The van der Waals surface area contributed by atoms with Gasteiger partial charge in [0.1, 0.15) is 10.6 Å². The number of fused-ring (bicyclic) bond motifs is 2. The molecule has 6 rings (SSSR count). The van der Waals surface area contributed by atoms with E-state index in [0.717, 1.165) is 44.8 Å². The summed E-state index contributed by atoms with van der Waals surface area (Å²) >= 11 is 1.44. The van der Waals surface area contributed by atoms with Crippen LogP contribution in [0.25, 0.3) is 42.9 Å². The van der Waals surface area contributed by atoms with Crippen LogP contribution in [0.4, 0.5) is 0 Å². The number of aromatic nitrogens is 5. The summed E-state index contributed by atoms with van der Waals surface area (Å²) < 4.78 is 12.6. The van der Waals surface area contributed by atoms with Gasteiger partial charge in [-0.1, -0.05) is 6.07 Å². The lowest BCUT2D eigenvalue weighted by atomic mass is 10.1. The first kappa shape index (κ1) is 24.0. The first-order valence-electron chi connectivity index (χ1n) is 12.4. The number of imidazole rings is 1. The van der Waals surface area contributed by atoms with Gasteiger partial charge in [0.2, 0.25) is 0 Å². The van der Waals surface area contributed by atoms with Gasteiger partial charge in [-0.2, -0.15) is 0 Å². The van der Waals surface area contributed by atoms with Crippen LogP contribution in [0.1, 0.15) is 18.2 Å². The van der Waals surface area contributed by atoms with E-state index in [1.807, 2.05) is 73.3 Å². The summed E-state index contributed by atoms with van der Waals surface area (Å²) in [5, 5.41) is 1.54. The summed E-state index contributed by atoms with van der Waals surface area (Å²) in [4.78, 5) is 33.2. The van der Waals surface area contributed by atoms with E-state index in [1.165, 1.54) is 15.9 Å². The second-order valence-corrected chi connectivity index (χ2v) is 10.4. The summed E-state index contributed by atoms with van der Waals surface area (Å²) in [5.74, 6) is 0.690. The Morgan fingerprint density at radius 2 is 1.87 bits per heavy atom. The number of hydrogen-bond donors (Lipinski definition) is 0. The highest BCUT2D eigenvalue weighted by molar-refractivity contribution is 7.22. The summed E-state index contributed by atoms with van der Waals surface area (Å²) in [5.41, 5.74) is 4.50. The van der Waals surface area contributed by atoms with Gasteiger partial charge in [-0.05, 0) is 68.3 Å². The van der Waals surface area contributed by atoms with Gasteiger partial charge in [0.25, 0.3) is 5.56 Å². The molecule has 6 aromatic rings. The van der Waals surface area contributed by atoms with Crippen molar-refractivity contribution in [2.75, 3.05) is 7.11 Å². The fourth-order valence-electron chi connectivity index (χ4n) is 5.11. The largest absolute Gasteiger partial charge is 0.495 e. The molecule has 38 heavy (non-hydrogen) atoms. The number of rotatable bonds is 5. The number of benzene rings is 2. The molecule has 0 atom stereocenters. The van der Waals surface area contributed by atoms with E-state index in [4.69, 9.17) is 4.74 Å². The lowest BCUT2D eigenvalue weighted by Crippen LogP contribution is -2.37. The zero-order valence-electron chi connectivity index (χ0n) is 21.8. The highest BCUT2D eigenvalue weighted by atomic mass is 32.1. The number of hydrogen-bond acceptors (Lipinski definition) is 5. The SMILES string of the molecule is CCn1ccc2cc(-n3c(=O)c4c(C)c(-c5ccc(-n6cnc(C)c6)c(OC)c5)sc4n(C)c3=O)ccc21. The quantitative estimate of drug-likeness (QED) is 0.310. The fourth-order valence-corrected chi connectivity index (χ4v) is 6.36. The Morgan fingerprint density at radius 1 is 1.05 bits per heavy atom. The first-order valence-corrected chi connectivity index (χ1v) is 13.2. The zero-order chi connectivity index (χ0) is 26.7. The summed E-state index contributed by atoms with van der Waals surface area (Å²) in [7, 11) is 3.36. The second kappa shape index (κ2) is 8.88. The van der Waals surface area contributed by atoms with Crippen molar-refractivity contribution in [2.45, 2.75) is 27.3 Å². The molecule has 0 aliphatic heterocycles. The van der Waals surface area contributed by atoms with E-state index in [-0.39, 0.29) is 11.2 Å². The lowest BCUT2D eigenvalue weighted by Gasteiger charge is -2.11. The molecule has 0 unspecified atom stereocenters. The Kier molecular flexibility index (Phi) is 5.61. The summed E-state index contributed by atoms with van der Waals surface area (Å²) in [6.07, 6.45) is 5.71. The zero-order valence-corrected chi connectivity index (χ0v) is 22.7. The molecule has 0 N–H and O–H groups in total. The number of methoxy groups -OCH3 is 1.